The molecule has 0 aliphatic rings. The average molecular weight is 275 g/mol. The molecule has 2 N–H and O–H groups in total. The van der Waals surface area contributed by atoms with Gasteiger partial charge in [-0.3, -0.25) is 0 Å². The van der Waals surface area contributed by atoms with Gasteiger partial charge in [0.1, 0.15) is 0 Å². The minimum Gasteiger partial charge on any atom is -0.395 e. The molecule has 2 atom stereocenters. The number of hydrogen-bond acceptors (Lipinski definition) is 3. The molecule has 2 aromatic carbocycles. The van der Waals surface area contributed by atoms with Gasteiger partial charge in [0.15, 0.2) is 0 Å². The fraction of sp³-hybridized carbons (Fsp3) is 0.375. The Balaban J connectivity index is 2.25. The van der Waals surface area contributed by atoms with Crippen molar-refractivity contribution in [2.75, 3.05) is 19.4 Å². The zero-order valence-electron chi connectivity index (χ0n) is 11.5. The first-order valence-corrected chi connectivity index (χ1v) is 7.68. The van der Waals surface area contributed by atoms with Gasteiger partial charge in [-0.15, -0.1) is 0 Å². The molecule has 102 valence electrons. The van der Waals surface area contributed by atoms with Crippen molar-refractivity contribution < 1.29 is 5.11 Å². The molecule has 2 nitrogen and oxygen atoms in total. The Kier molecular flexibility index (Phi) is 5.25. The molecule has 0 amide bonds. The van der Waals surface area contributed by atoms with Crippen molar-refractivity contribution in [2.24, 2.45) is 0 Å². The molecule has 2 rings (SSSR count). The monoisotopic (exact) mass is 275 g/mol. The number of rotatable bonds is 6. The third-order valence-corrected chi connectivity index (χ3v) is 4.60. The summed E-state index contributed by atoms with van der Waals surface area (Å²) in [5.74, 6) is 0.965. The Morgan fingerprint density at radius 1 is 1.16 bits per heavy atom. The lowest BCUT2D eigenvalue weighted by Crippen LogP contribution is -2.20. The minimum atomic E-state index is 0.233. The summed E-state index contributed by atoms with van der Waals surface area (Å²) >= 11 is 1.80. The molecule has 0 fully saturated rings. The van der Waals surface area contributed by atoms with E-state index in [2.05, 4.69) is 54.7 Å². The summed E-state index contributed by atoms with van der Waals surface area (Å²) in [5.41, 5.74) is 1.33. The Morgan fingerprint density at radius 2 is 1.89 bits per heavy atom. The van der Waals surface area contributed by atoms with Crippen LogP contribution in [-0.2, 0) is 0 Å². The standard InChI is InChI=1S/C16H21NOS/c1-12(10-18)19-11-16(17-2)15-9-5-7-13-6-3-4-8-14(13)15/h3-9,12,16-18H,10-11H2,1-2H3. The van der Waals surface area contributed by atoms with E-state index in [9.17, 15) is 0 Å². The van der Waals surface area contributed by atoms with Crippen molar-refractivity contribution in [3.8, 4) is 0 Å². The van der Waals surface area contributed by atoms with Crippen LogP contribution in [0.15, 0.2) is 42.5 Å². The molecule has 0 heterocycles. The number of nitrogens with one attached hydrogen (secondary N) is 1. The molecule has 2 aromatic rings. The fourth-order valence-electron chi connectivity index (χ4n) is 2.20. The second-order valence-electron chi connectivity index (χ2n) is 4.74. The summed E-state index contributed by atoms with van der Waals surface area (Å²) in [6, 6.07) is 15.2. The van der Waals surface area contributed by atoms with Crippen LogP contribution >= 0.6 is 11.8 Å². The van der Waals surface area contributed by atoms with Gasteiger partial charge >= 0.3 is 0 Å². The first-order chi connectivity index (χ1) is 9.26. The fourth-order valence-corrected chi connectivity index (χ4v) is 3.17. The summed E-state index contributed by atoms with van der Waals surface area (Å²) in [6.45, 7) is 2.29. The quantitative estimate of drug-likeness (QED) is 0.849. The summed E-state index contributed by atoms with van der Waals surface area (Å²) in [6.07, 6.45) is 0. The number of benzene rings is 2. The van der Waals surface area contributed by atoms with Crippen molar-refractivity contribution in [2.45, 2.75) is 18.2 Å². The molecular weight excluding hydrogens is 254 g/mol. The Morgan fingerprint density at radius 3 is 2.63 bits per heavy atom. The number of hydrogen-bond donors (Lipinski definition) is 2. The maximum absolute atomic E-state index is 9.12. The van der Waals surface area contributed by atoms with E-state index >= 15 is 0 Å². The van der Waals surface area contributed by atoms with E-state index in [1.807, 2.05) is 7.05 Å². The zero-order chi connectivity index (χ0) is 13.7. The molecule has 0 aliphatic carbocycles. The minimum absolute atomic E-state index is 0.233. The third-order valence-electron chi connectivity index (χ3n) is 3.35. The lowest BCUT2D eigenvalue weighted by Gasteiger charge is -2.20. The molecule has 3 heteroatoms. The lowest BCUT2D eigenvalue weighted by molar-refractivity contribution is 0.300. The van der Waals surface area contributed by atoms with Gasteiger partial charge in [-0.2, -0.15) is 11.8 Å². The van der Waals surface area contributed by atoms with Crippen LogP contribution in [-0.4, -0.2) is 29.8 Å². The SMILES string of the molecule is CNC(CSC(C)CO)c1cccc2ccccc12. The van der Waals surface area contributed by atoms with Gasteiger partial charge in [-0.1, -0.05) is 49.4 Å². The first kappa shape index (κ1) is 14.4. The second-order valence-corrected chi connectivity index (χ2v) is 6.21. The van der Waals surface area contributed by atoms with Crippen LogP contribution in [0.4, 0.5) is 0 Å². The molecule has 19 heavy (non-hydrogen) atoms. The van der Waals surface area contributed by atoms with Gasteiger partial charge in [0.25, 0.3) is 0 Å². The zero-order valence-corrected chi connectivity index (χ0v) is 12.3. The van der Waals surface area contributed by atoms with E-state index in [0.717, 1.165) is 5.75 Å². The van der Waals surface area contributed by atoms with Crippen LogP contribution in [0.5, 0.6) is 0 Å². The largest absolute Gasteiger partial charge is 0.395 e. The molecule has 0 radical (unpaired) electrons. The highest BCUT2D eigenvalue weighted by Gasteiger charge is 2.13. The molecule has 0 bridgehead atoms. The van der Waals surface area contributed by atoms with Crippen molar-refractivity contribution in [1.82, 2.24) is 5.32 Å². The van der Waals surface area contributed by atoms with Crippen LogP contribution in [0.2, 0.25) is 0 Å². The van der Waals surface area contributed by atoms with Gasteiger partial charge in [-0.25, -0.2) is 0 Å². The van der Waals surface area contributed by atoms with Crippen LogP contribution in [0.1, 0.15) is 18.5 Å². The highest BCUT2D eigenvalue weighted by Crippen LogP contribution is 2.27. The van der Waals surface area contributed by atoms with Gasteiger partial charge < -0.3 is 10.4 Å². The van der Waals surface area contributed by atoms with Crippen LogP contribution in [0, 0.1) is 0 Å². The van der Waals surface area contributed by atoms with Crippen molar-refractivity contribution >= 4 is 22.5 Å². The lowest BCUT2D eigenvalue weighted by atomic mass is 10.00. The molecule has 0 saturated heterocycles. The average Bonchev–Trinajstić information content (AvgIpc) is 2.47. The predicted octanol–water partition coefficient (Wildman–Crippen LogP) is 3.21. The van der Waals surface area contributed by atoms with Gasteiger partial charge in [0.05, 0.1) is 6.61 Å². The van der Waals surface area contributed by atoms with Crippen molar-refractivity contribution in [3.63, 3.8) is 0 Å². The number of thioether (sulfide) groups is 1. The molecule has 0 saturated carbocycles. The Labute approximate surface area is 119 Å². The van der Waals surface area contributed by atoms with E-state index in [1.165, 1.54) is 16.3 Å². The van der Waals surface area contributed by atoms with E-state index in [4.69, 9.17) is 5.11 Å². The number of aliphatic hydroxyl groups excluding tert-OH is 1. The molecule has 0 aromatic heterocycles. The van der Waals surface area contributed by atoms with E-state index in [0.29, 0.717) is 6.04 Å². The summed E-state index contributed by atoms with van der Waals surface area (Å²) in [4.78, 5) is 0. The summed E-state index contributed by atoms with van der Waals surface area (Å²) in [7, 11) is 2.00. The first-order valence-electron chi connectivity index (χ1n) is 6.63. The van der Waals surface area contributed by atoms with Crippen LogP contribution in [0.25, 0.3) is 10.8 Å². The highest BCUT2D eigenvalue weighted by atomic mass is 32.2. The van der Waals surface area contributed by atoms with E-state index < -0.39 is 0 Å². The topological polar surface area (TPSA) is 32.3 Å². The van der Waals surface area contributed by atoms with Crippen molar-refractivity contribution in [3.05, 3.63) is 48.0 Å². The Bertz CT molecular complexity index is 524. The van der Waals surface area contributed by atoms with Gasteiger partial charge in [0.2, 0.25) is 0 Å². The summed E-state index contributed by atoms with van der Waals surface area (Å²) in [5, 5.41) is 15.4. The van der Waals surface area contributed by atoms with Gasteiger partial charge in [0, 0.05) is 17.0 Å². The van der Waals surface area contributed by atoms with Gasteiger partial charge in [-0.05, 0) is 23.4 Å². The third kappa shape index (κ3) is 3.50. The maximum Gasteiger partial charge on any atom is 0.0547 e. The molecule has 2 unspecified atom stereocenters. The number of fused-ring (bicyclic) bond motifs is 1. The predicted molar refractivity (Wildman–Crippen MR) is 84.8 cm³/mol. The highest BCUT2D eigenvalue weighted by molar-refractivity contribution is 7.99. The molecular formula is C16H21NOS. The normalized spacial score (nSPS) is 14.5. The van der Waals surface area contributed by atoms with Crippen LogP contribution in [0.3, 0.4) is 0 Å². The second kappa shape index (κ2) is 6.94. The van der Waals surface area contributed by atoms with Crippen LogP contribution < -0.4 is 5.32 Å². The Hall–Kier alpha value is -1.03. The molecule has 0 aliphatic heterocycles. The molecule has 0 spiro atoms. The summed E-state index contributed by atoms with van der Waals surface area (Å²) < 4.78 is 0. The van der Waals surface area contributed by atoms with Crippen molar-refractivity contribution in [1.29, 1.82) is 0 Å². The smallest absolute Gasteiger partial charge is 0.0547 e. The maximum atomic E-state index is 9.12. The van der Waals surface area contributed by atoms with E-state index in [-0.39, 0.29) is 11.9 Å². The number of aliphatic hydroxyl groups is 1. The van der Waals surface area contributed by atoms with E-state index in [1.54, 1.807) is 11.8 Å².